The van der Waals surface area contributed by atoms with Crippen LogP contribution in [-0.2, 0) is 18.9 Å². The van der Waals surface area contributed by atoms with Crippen LogP contribution in [0.25, 0.3) is 0 Å². The summed E-state index contributed by atoms with van der Waals surface area (Å²) in [6.45, 7) is -0.400. The van der Waals surface area contributed by atoms with Crippen molar-refractivity contribution in [3.63, 3.8) is 0 Å². The summed E-state index contributed by atoms with van der Waals surface area (Å²) in [6.07, 6.45) is -3.88. The molecule has 2 aliphatic rings. The van der Waals surface area contributed by atoms with E-state index < -0.39 is 74.3 Å². The second kappa shape index (κ2) is 13.7. The zero-order valence-corrected chi connectivity index (χ0v) is 19.7. The van der Waals surface area contributed by atoms with Crippen LogP contribution in [0.5, 0.6) is 0 Å². The molecule has 2 rings (SSSR count). The molecule has 12 heteroatoms. The zero-order valence-electron chi connectivity index (χ0n) is 19.7. The average molecular weight is 499 g/mol. The Balaban J connectivity index is 2.13. The maximum absolute atomic E-state index is 10.7. The van der Waals surface area contributed by atoms with E-state index in [1.165, 1.54) is 12.8 Å². The Morgan fingerprint density at radius 3 is 1.76 bits per heavy atom. The molecular weight excluding hydrogens is 456 g/mol. The molecule has 34 heavy (non-hydrogen) atoms. The van der Waals surface area contributed by atoms with Gasteiger partial charge in [-0.2, -0.15) is 0 Å². The summed E-state index contributed by atoms with van der Waals surface area (Å²) in [7, 11) is 0. The number of hydrogen-bond donors (Lipinski definition) is 8. The molecular formula is C22H42O12. The first kappa shape index (κ1) is 29.7. The predicted molar refractivity (Wildman–Crippen MR) is 116 cm³/mol. The first-order valence-electron chi connectivity index (χ1n) is 12.1. The fourth-order valence-corrected chi connectivity index (χ4v) is 4.29. The van der Waals surface area contributed by atoms with Gasteiger partial charge < -0.3 is 55.1 Å². The third kappa shape index (κ3) is 6.64. The molecule has 8 N–H and O–H groups in total. The number of aliphatic hydroxyl groups excluding tert-OH is 8. The standard InChI is InChI=1S/C22H42O12/c1-2-3-4-5-6-7-8-9-10-31-22(20(30)18(28)16(26)14(11-23)33-22)34-21(13-25)19(29)17(27)15(12-24)32-21/h14-20,23-30H,2-13H2,1H3/t14-,15-,16-,17-,18+,19+,20-,21?,22-/m1/s1. The Labute approximate surface area is 199 Å². The summed E-state index contributed by atoms with van der Waals surface area (Å²) in [5, 5.41) is 80.8. The minimum atomic E-state index is -2.57. The first-order valence-corrected chi connectivity index (χ1v) is 12.1. The van der Waals surface area contributed by atoms with Gasteiger partial charge in [0.25, 0.3) is 0 Å². The number of ether oxygens (including phenoxy) is 4. The molecule has 0 amide bonds. The first-order chi connectivity index (χ1) is 16.2. The molecule has 2 heterocycles. The van der Waals surface area contributed by atoms with Crippen LogP contribution >= 0.6 is 0 Å². The van der Waals surface area contributed by atoms with Crippen molar-refractivity contribution in [3.8, 4) is 0 Å². The van der Waals surface area contributed by atoms with Gasteiger partial charge in [0.05, 0.1) is 19.8 Å². The van der Waals surface area contributed by atoms with Crippen molar-refractivity contribution in [2.75, 3.05) is 26.4 Å². The van der Waals surface area contributed by atoms with Crippen LogP contribution in [-0.4, -0.2) is 122 Å². The van der Waals surface area contributed by atoms with Gasteiger partial charge in [-0.25, -0.2) is 0 Å². The molecule has 0 aromatic carbocycles. The Kier molecular flexibility index (Phi) is 12.0. The van der Waals surface area contributed by atoms with Gasteiger partial charge >= 0.3 is 5.97 Å². The van der Waals surface area contributed by atoms with E-state index in [2.05, 4.69) is 6.92 Å². The van der Waals surface area contributed by atoms with Crippen LogP contribution in [0.15, 0.2) is 0 Å². The molecule has 2 fully saturated rings. The van der Waals surface area contributed by atoms with Crippen molar-refractivity contribution in [2.24, 2.45) is 0 Å². The minimum absolute atomic E-state index is 0.0312. The summed E-state index contributed by atoms with van der Waals surface area (Å²) in [4.78, 5) is 0. The highest BCUT2D eigenvalue weighted by molar-refractivity contribution is 5.00. The smallest absolute Gasteiger partial charge is 0.316 e. The van der Waals surface area contributed by atoms with Gasteiger partial charge in [-0.3, -0.25) is 4.74 Å². The summed E-state index contributed by atoms with van der Waals surface area (Å²) in [5.41, 5.74) is 0. The van der Waals surface area contributed by atoms with Crippen molar-refractivity contribution in [1.29, 1.82) is 0 Å². The Morgan fingerprint density at radius 1 is 0.676 bits per heavy atom. The van der Waals surface area contributed by atoms with Crippen molar-refractivity contribution in [2.45, 2.75) is 113 Å². The third-order valence-corrected chi connectivity index (χ3v) is 6.43. The molecule has 12 nitrogen and oxygen atoms in total. The highest BCUT2D eigenvalue weighted by Crippen LogP contribution is 2.41. The van der Waals surface area contributed by atoms with Gasteiger partial charge in [0.15, 0.2) is 6.10 Å². The van der Waals surface area contributed by atoms with E-state index in [4.69, 9.17) is 18.9 Å². The van der Waals surface area contributed by atoms with Crippen LogP contribution in [0, 0.1) is 0 Å². The SMILES string of the molecule is CCCCCCCCCCO[C@@]1(OC2(CO)O[C@H](CO)[C@@H](O)[C@@H]2O)O[C@H](CO)[C@@H](O)[C@H](O)[C@H]1O. The fourth-order valence-electron chi connectivity index (χ4n) is 4.29. The Hall–Kier alpha value is -0.480. The van der Waals surface area contributed by atoms with Gasteiger partial charge in [-0.05, 0) is 6.42 Å². The molecule has 1 unspecified atom stereocenters. The molecule has 0 spiro atoms. The monoisotopic (exact) mass is 498 g/mol. The third-order valence-electron chi connectivity index (χ3n) is 6.43. The van der Waals surface area contributed by atoms with E-state index in [1.54, 1.807) is 0 Å². The second-order valence-corrected chi connectivity index (χ2v) is 9.04. The number of aliphatic hydroxyl groups is 8. The average Bonchev–Trinajstić information content (AvgIpc) is 3.08. The van der Waals surface area contributed by atoms with Gasteiger partial charge in [-0.1, -0.05) is 51.9 Å². The molecule has 2 saturated heterocycles. The maximum Gasteiger partial charge on any atom is 0.316 e. The number of rotatable bonds is 15. The van der Waals surface area contributed by atoms with Crippen molar-refractivity contribution in [1.82, 2.24) is 0 Å². The Morgan fingerprint density at radius 2 is 1.24 bits per heavy atom. The van der Waals surface area contributed by atoms with Crippen LogP contribution < -0.4 is 0 Å². The summed E-state index contributed by atoms with van der Waals surface area (Å²) in [5.74, 6) is -4.96. The highest BCUT2D eigenvalue weighted by Gasteiger charge is 2.64. The summed E-state index contributed by atoms with van der Waals surface area (Å²) < 4.78 is 22.3. The van der Waals surface area contributed by atoms with E-state index in [0.717, 1.165) is 32.1 Å². The molecule has 0 saturated carbocycles. The topological polar surface area (TPSA) is 199 Å². The van der Waals surface area contributed by atoms with E-state index >= 15 is 0 Å². The summed E-state index contributed by atoms with van der Waals surface area (Å²) in [6, 6.07) is 0. The molecule has 2 aliphatic heterocycles. The molecule has 202 valence electrons. The molecule has 9 atom stereocenters. The molecule has 0 radical (unpaired) electrons. The molecule has 0 aliphatic carbocycles. The predicted octanol–water partition coefficient (Wildman–Crippen LogP) is -1.91. The van der Waals surface area contributed by atoms with E-state index in [9.17, 15) is 40.9 Å². The fraction of sp³-hybridized carbons (Fsp3) is 1.00. The van der Waals surface area contributed by atoms with Crippen LogP contribution in [0.4, 0.5) is 0 Å². The lowest BCUT2D eigenvalue weighted by Gasteiger charge is -2.50. The van der Waals surface area contributed by atoms with Gasteiger partial charge in [-0.15, -0.1) is 0 Å². The molecule has 0 bridgehead atoms. The number of unbranched alkanes of at least 4 members (excludes halogenated alkanes) is 7. The van der Waals surface area contributed by atoms with Crippen molar-refractivity contribution in [3.05, 3.63) is 0 Å². The largest absolute Gasteiger partial charge is 0.394 e. The van der Waals surface area contributed by atoms with Crippen LogP contribution in [0.3, 0.4) is 0 Å². The molecule has 0 aromatic heterocycles. The van der Waals surface area contributed by atoms with Gasteiger partial charge in [0.2, 0.25) is 5.79 Å². The van der Waals surface area contributed by atoms with Gasteiger partial charge in [0, 0.05) is 0 Å². The Bertz CT molecular complexity index is 580. The van der Waals surface area contributed by atoms with Crippen molar-refractivity contribution < 1.29 is 59.8 Å². The van der Waals surface area contributed by atoms with E-state index in [1.807, 2.05) is 0 Å². The second-order valence-electron chi connectivity index (χ2n) is 9.04. The van der Waals surface area contributed by atoms with Gasteiger partial charge in [0.1, 0.15) is 43.2 Å². The van der Waals surface area contributed by atoms with Crippen molar-refractivity contribution >= 4 is 0 Å². The highest BCUT2D eigenvalue weighted by atomic mass is 16.9. The number of hydrogen-bond acceptors (Lipinski definition) is 12. The lowest BCUT2D eigenvalue weighted by molar-refractivity contribution is -0.510. The van der Waals surface area contributed by atoms with Crippen LogP contribution in [0.1, 0.15) is 58.3 Å². The lowest BCUT2D eigenvalue weighted by Crippen LogP contribution is -2.70. The zero-order chi connectivity index (χ0) is 25.4. The van der Waals surface area contributed by atoms with E-state index in [0.29, 0.717) is 6.42 Å². The minimum Gasteiger partial charge on any atom is -0.394 e. The van der Waals surface area contributed by atoms with E-state index in [-0.39, 0.29) is 6.61 Å². The van der Waals surface area contributed by atoms with Crippen LogP contribution in [0.2, 0.25) is 0 Å². The maximum atomic E-state index is 10.7. The quantitative estimate of drug-likeness (QED) is 0.0922. The lowest BCUT2D eigenvalue weighted by atomic mass is 9.97. The normalized spacial score (nSPS) is 40.7. The molecule has 0 aromatic rings. The summed E-state index contributed by atoms with van der Waals surface area (Å²) >= 11 is 0.